The first-order valence-electron chi connectivity index (χ1n) is 8.30. The number of nitrogens with one attached hydrogen (secondary N) is 1. The molecule has 10 heteroatoms. The van der Waals surface area contributed by atoms with Crippen molar-refractivity contribution in [3.05, 3.63) is 30.0 Å². The third kappa shape index (κ3) is 5.82. The molecular weight excluding hydrogens is 454 g/mol. The number of hydrogen-bond donors (Lipinski definition) is 3. The average molecular weight is 478 g/mol. The van der Waals surface area contributed by atoms with E-state index in [4.69, 9.17) is 18.1 Å². The van der Waals surface area contributed by atoms with Crippen molar-refractivity contribution in [1.82, 2.24) is 4.72 Å². The Morgan fingerprint density at radius 1 is 1.33 bits per heavy atom. The number of alkyl halides is 1. The van der Waals surface area contributed by atoms with Crippen LogP contribution in [0.5, 0.6) is 17.2 Å². The molecule has 0 saturated heterocycles. The number of aromatic hydroxyl groups is 1. The SMILES string of the molecule is COc1ccccc1-c1oc(C(Br)CCNS(=O)O)c(O[Si](C)(C)C)c1O. The summed E-state index contributed by atoms with van der Waals surface area (Å²) in [5.41, 5.74) is 0.610. The molecule has 3 N–H and O–H groups in total. The van der Waals surface area contributed by atoms with E-state index < -0.39 is 19.6 Å². The molecule has 0 aliphatic rings. The van der Waals surface area contributed by atoms with Crippen LogP contribution in [0.4, 0.5) is 0 Å². The second kappa shape index (κ2) is 9.24. The lowest BCUT2D eigenvalue weighted by atomic mass is 10.1. The highest BCUT2D eigenvalue weighted by molar-refractivity contribution is 9.09. The van der Waals surface area contributed by atoms with E-state index in [0.29, 0.717) is 29.2 Å². The fourth-order valence-electron chi connectivity index (χ4n) is 2.45. The van der Waals surface area contributed by atoms with E-state index in [1.165, 1.54) is 0 Å². The van der Waals surface area contributed by atoms with Gasteiger partial charge in [-0.1, -0.05) is 28.1 Å². The maximum atomic E-state index is 10.8. The van der Waals surface area contributed by atoms with Gasteiger partial charge in [0.15, 0.2) is 17.3 Å². The molecule has 27 heavy (non-hydrogen) atoms. The van der Waals surface area contributed by atoms with Gasteiger partial charge in [-0.3, -0.25) is 4.55 Å². The maximum Gasteiger partial charge on any atom is 0.242 e. The first kappa shape index (κ1) is 22.0. The number of furan rings is 1. The van der Waals surface area contributed by atoms with Crippen LogP contribution in [0.1, 0.15) is 17.0 Å². The Kier molecular flexibility index (Phi) is 7.52. The van der Waals surface area contributed by atoms with Gasteiger partial charge in [-0.2, -0.15) is 0 Å². The zero-order chi connectivity index (χ0) is 20.2. The number of benzene rings is 1. The molecule has 2 unspecified atom stereocenters. The summed E-state index contributed by atoms with van der Waals surface area (Å²) in [6.45, 7) is 6.29. The highest BCUT2D eigenvalue weighted by Gasteiger charge is 2.31. The number of para-hydroxylation sites is 1. The van der Waals surface area contributed by atoms with Crippen LogP contribution in [0.15, 0.2) is 28.7 Å². The minimum Gasteiger partial charge on any atom is -0.539 e. The van der Waals surface area contributed by atoms with Gasteiger partial charge in [0.25, 0.3) is 0 Å². The maximum absolute atomic E-state index is 10.8. The molecule has 1 aromatic carbocycles. The minimum absolute atomic E-state index is 0.0833. The normalized spacial score (nSPS) is 14.0. The summed E-state index contributed by atoms with van der Waals surface area (Å²) in [6.07, 6.45) is 0.451. The number of halogens is 1. The van der Waals surface area contributed by atoms with Crippen LogP contribution in [-0.4, -0.2) is 35.8 Å². The summed E-state index contributed by atoms with van der Waals surface area (Å²) in [6, 6.07) is 7.22. The summed E-state index contributed by atoms with van der Waals surface area (Å²) in [7, 11) is -0.493. The lowest BCUT2D eigenvalue weighted by Crippen LogP contribution is -2.29. The summed E-state index contributed by atoms with van der Waals surface area (Å²) >= 11 is 1.44. The molecule has 0 aliphatic carbocycles. The first-order chi connectivity index (χ1) is 12.6. The zero-order valence-corrected chi connectivity index (χ0v) is 19.0. The topological polar surface area (TPSA) is 101 Å². The molecular formula is C17H24BrNO6SSi. The van der Waals surface area contributed by atoms with Crippen LogP contribution >= 0.6 is 15.9 Å². The van der Waals surface area contributed by atoms with Gasteiger partial charge in [0.2, 0.25) is 25.3 Å². The molecule has 2 atom stereocenters. The van der Waals surface area contributed by atoms with Crippen molar-refractivity contribution >= 4 is 35.5 Å². The van der Waals surface area contributed by atoms with E-state index in [-0.39, 0.29) is 22.9 Å². The first-order valence-corrected chi connectivity index (χ1v) is 13.7. The van der Waals surface area contributed by atoms with Crippen molar-refractivity contribution in [1.29, 1.82) is 0 Å². The Morgan fingerprint density at radius 2 is 2.00 bits per heavy atom. The van der Waals surface area contributed by atoms with E-state index in [0.717, 1.165) is 0 Å². The number of methoxy groups -OCH3 is 1. The van der Waals surface area contributed by atoms with Crippen LogP contribution in [0.25, 0.3) is 11.3 Å². The van der Waals surface area contributed by atoms with E-state index in [9.17, 15) is 9.32 Å². The van der Waals surface area contributed by atoms with Gasteiger partial charge >= 0.3 is 0 Å². The van der Waals surface area contributed by atoms with Gasteiger partial charge in [-0.15, -0.1) is 0 Å². The van der Waals surface area contributed by atoms with Gasteiger partial charge in [0, 0.05) is 6.54 Å². The third-order valence-corrected chi connectivity index (χ3v) is 5.67. The molecule has 0 spiro atoms. The van der Waals surface area contributed by atoms with Crippen molar-refractivity contribution in [2.45, 2.75) is 30.9 Å². The second-order valence-electron chi connectivity index (χ2n) is 6.79. The average Bonchev–Trinajstić information content (AvgIpc) is 2.89. The standard InChI is InChI=1S/C17H24BrNO6SSi/c1-23-13-8-6-5-7-11(13)15-14(20)17(25-27(2,3)4)16(24-15)12(18)9-10-19-26(21)22/h5-8,12,19-20H,9-10H2,1-4H3,(H,21,22). The highest BCUT2D eigenvalue weighted by atomic mass is 79.9. The summed E-state index contributed by atoms with van der Waals surface area (Å²) in [5, 5.41) is 10.8. The molecule has 7 nitrogen and oxygen atoms in total. The van der Waals surface area contributed by atoms with Gasteiger partial charge in [-0.05, 0) is 38.2 Å². The van der Waals surface area contributed by atoms with Crippen LogP contribution in [0, 0.1) is 0 Å². The highest BCUT2D eigenvalue weighted by Crippen LogP contribution is 2.50. The largest absolute Gasteiger partial charge is 0.539 e. The Morgan fingerprint density at radius 3 is 2.59 bits per heavy atom. The Bertz CT molecular complexity index is 807. The van der Waals surface area contributed by atoms with E-state index in [1.54, 1.807) is 19.2 Å². The molecule has 2 rings (SSSR count). The van der Waals surface area contributed by atoms with Gasteiger partial charge in [0.05, 0.1) is 17.5 Å². The molecule has 0 fully saturated rings. The number of hydrogen-bond acceptors (Lipinski definition) is 5. The Balaban J connectivity index is 2.46. The minimum atomic E-state index is -2.08. The van der Waals surface area contributed by atoms with Crippen molar-refractivity contribution in [2.75, 3.05) is 13.7 Å². The van der Waals surface area contributed by atoms with E-state index in [2.05, 4.69) is 20.7 Å². The fraction of sp³-hybridized carbons (Fsp3) is 0.412. The van der Waals surface area contributed by atoms with Crippen LogP contribution in [0.2, 0.25) is 19.6 Å². The third-order valence-electron chi connectivity index (χ3n) is 3.53. The van der Waals surface area contributed by atoms with Gasteiger partial charge in [-0.25, -0.2) is 8.93 Å². The summed E-state index contributed by atoms with van der Waals surface area (Å²) in [5.74, 6) is 1.47. The van der Waals surface area contributed by atoms with Gasteiger partial charge in [0.1, 0.15) is 5.75 Å². The smallest absolute Gasteiger partial charge is 0.242 e. The quantitative estimate of drug-likeness (QED) is 0.280. The number of rotatable bonds is 9. The molecule has 0 bridgehead atoms. The summed E-state index contributed by atoms with van der Waals surface area (Å²) in [4.78, 5) is -0.325. The zero-order valence-electron chi connectivity index (χ0n) is 15.6. The second-order valence-corrected chi connectivity index (χ2v) is 13.1. The van der Waals surface area contributed by atoms with Crippen molar-refractivity contribution in [3.8, 4) is 28.6 Å². The van der Waals surface area contributed by atoms with E-state index in [1.807, 2.05) is 31.8 Å². The van der Waals surface area contributed by atoms with Crippen LogP contribution in [-0.2, 0) is 11.3 Å². The summed E-state index contributed by atoms with van der Waals surface area (Å²) < 4.78 is 39.5. The van der Waals surface area contributed by atoms with Crippen molar-refractivity contribution < 1.29 is 27.4 Å². The van der Waals surface area contributed by atoms with E-state index >= 15 is 0 Å². The lowest BCUT2D eigenvalue weighted by molar-refractivity contribution is 0.411. The Labute approximate surface area is 170 Å². The molecule has 150 valence electrons. The van der Waals surface area contributed by atoms with Crippen molar-refractivity contribution in [3.63, 3.8) is 0 Å². The van der Waals surface area contributed by atoms with Gasteiger partial charge < -0.3 is 18.7 Å². The Hall–Kier alpha value is -1.33. The van der Waals surface area contributed by atoms with Crippen LogP contribution < -0.4 is 13.9 Å². The monoisotopic (exact) mass is 477 g/mol. The molecule has 0 saturated carbocycles. The predicted molar refractivity (Wildman–Crippen MR) is 111 cm³/mol. The molecule has 1 heterocycles. The lowest BCUT2D eigenvalue weighted by Gasteiger charge is -2.20. The van der Waals surface area contributed by atoms with Crippen LogP contribution in [0.3, 0.4) is 0 Å². The molecule has 0 amide bonds. The molecule has 1 aromatic heterocycles. The molecule has 2 aromatic rings. The fourth-order valence-corrected chi connectivity index (χ4v) is 4.09. The number of ether oxygens (including phenoxy) is 1. The predicted octanol–water partition coefficient (Wildman–Crippen LogP) is 4.43. The van der Waals surface area contributed by atoms with Crippen molar-refractivity contribution in [2.24, 2.45) is 0 Å². The molecule has 0 aliphatic heterocycles. The molecule has 0 radical (unpaired) electrons.